The smallest absolute Gasteiger partial charge is 0.115 e. The topological polar surface area (TPSA) is 35.5 Å². The number of nitrogens with one attached hydrogen (secondary N) is 1. The fourth-order valence-corrected chi connectivity index (χ4v) is 2.05. The van der Waals surface area contributed by atoms with Gasteiger partial charge in [0.2, 0.25) is 0 Å². The molecule has 1 unspecified atom stereocenters. The van der Waals surface area contributed by atoms with Crippen molar-refractivity contribution in [3.8, 4) is 5.75 Å². The zero-order valence-corrected chi connectivity index (χ0v) is 12.5. The normalized spacial score (nSPS) is 12.8. The lowest BCUT2D eigenvalue weighted by atomic mass is 10.1. The first-order valence-corrected chi connectivity index (χ1v) is 7.24. The van der Waals surface area contributed by atoms with Gasteiger partial charge in [-0.3, -0.25) is 0 Å². The summed E-state index contributed by atoms with van der Waals surface area (Å²) < 4.78 is 0. The number of aryl methyl sites for hydroxylation is 1. The van der Waals surface area contributed by atoms with Crippen LogP contribution in [0.3, 0.4) is 0 Å². The molecule has 0 fully saturated rings. The molecule has 0 aliphatic carbocycles. The predicted molar refractivity (Wildman–Crippen MR) is 81.7 cm³/mol. The molecule has 0 bridgehead atoms. The Morgan fingerprint density at radius 2 is 1.84 bits per heavy atom. The van der Waals surface area contributed by atoms with Gasteiger partial charge in [-0.1, -0.05) is 12.1 Å². The van der Waals surface area contributed by atoms with Crippen LogP contribution in [-0.4, -0.2) is 43.2 Å². The fourth-order valence-electron chi connectivity index (χ4n) is 2.05. The summed E-state index contributed by atoms with van der Waals surface area (Å²) in [7, 11) is 4.24. The van der Waals surface area contributed by atoms with E-state index >= 15 is 0 Å². The van der Waals surface area contributed by atoms with Crippen LogP contribution in [-0.2, 0) is 6.42 Å². The zero-order valence-electron chi connectivity index (χ0n) is 12.5. The minimum absolute atomic E-state index is 0.343. The molecule has 1 aromatic carbocycles. The number of phenols is 1. The minimum atomic E-state index is 0.343. The lowest BCUT2D eigenvalue weighted by Crippen LogP contribution is -2.28. The van der Waals surface area contributed by atoms with Crippen molar-refractivity contribution in [2.24, 2.45) is 0 Å². The highest BCUT2D eigenvalue weighted by Crippen LogP contribution is 2.11. The summed E-state index contributed by atoms with van der Waals surface area (Å²) in [6.45, 7) is 4.51. The predicted octanol–water partition coefficient (Wildman–Crippen LogP) is 2.64. The van der Waals surface area contributed by atoms with E-state index in [1.54, 1.807) is 12.1 Å². The molecule has 1 atom stereocenters. The average molecular weight is 264 g/mol. The van der Waals surface area contributed by atoms with Gasteiger partial charge in [0.15, 0.2) is 0 Å². The molecule has 0 spiro atoms. The third-order valence-corrected chi connectivity index (χ3v) is 3.33. The van der Waals surface area contributed by atoms with E-state index in [9.17, 15) is 5.11 Å². The van der Waals surface area contributed by atoms with E-state index in [1.165, 1.54) is 24.9 Å². The number of benzene rings is 1. The molecule has 0 saturated heterocycles. The Morgan fingerprint density at radius 3 is 2.47 bits per heavy atom. The van der Waals surface area contributed by atoms with Gasteiger partial charge < -0.3 is 15.3 Å². The number of phenolic OH excluding ortho intramolecular Hbond substituents is 1. The highest BCUT2D eigenvalue weighted by Gasteiger charge is 2.02. The number of aromatic hydroxyl groups is 1. The molecule has 19 heavy (non-hydrogen) atoms. The van der Waals surface area contributed by atoms with Gasteiger partial charge in [0, 0.05) is 6.04 Å². The molecule has 3 heteroatoms. The van der Waals surface area contributed by atoms with Gasteiger partial charge in [0.05, 0.1) is 0 Å². The number of rotatable bonds is 9. The summed E-state index contributed by atoms with van der Waals surface area (Å²) in [5.74, 6) is 0.343. The monoisotopic (exact) mass is 264 g/mol. The van der Waals surface area contributed by atoms with Gasteiger partial charge >= 0.3 is 0 Å². The van der Waals surface area contributed by atoms with Crippen molar-refractivity contribution in [1.29, 1.82) is 0 Å². The number of hydrogen-bond acceptors (Lipinski definition) is 3. The van der Waals surface area contributed by atoms with Crippen molar-refractivity contribution in [3.63, 3.8) is 0 Å². The van der Waals surface area contributed by atoms with Gasteiger partial charge in [0.25, 0.3) is 0 Å². The van der Waals surface area contributed by atoms with Crippen LogP contribution in [0, 0.1) is 0 Å². The summed E-state index contributed by atoms with van der Waals surface area (Å²) in [6, 6.07) is 8.06. The Bertz CT molecular complexity index is 335. The van der Waals surface area contributed by atoms with E-state index in [0.717, 1.165) is 19.4 Å². The molecule has 0 amide bonds. The molecule has 1 rings (SSSR count). The second-order valence-electron chi connectivity index (χ2n) is 5.57. The Kier molecular flexibility index (Phi) is 7.53. The Balaban J connectivity index is 2.07. The van der Waals surface area contributed by atoms with E-state index in [4.69, 9.17) is 0 Å². The number of unbranched alkanes of at least 4 members (excludes halogenated alkanes) is 1. The lowest BCUT2D eigenvalue weighted by molar-refractivity contribution is 0.387. The van der Waals surface area contributed by atoms with Gasteiger partial charge in [0.1, 0.15) is 5.75 Å². The summed E-state index contributed by atoms with van der Waals surface area (Å²) in [4.78, 5) is 2.23. The molecule has 1 aromatic rings. The Hall–Kier alpha value is -1.06. The van der Waals surface area contributed by atoms with Gasteiger partial charge in [-0.2, -0.15) is 0 Å². The highest BCUT2D eigenvalue weighted by molar-refractivity contribution is 5.25. The molecule has 0 aromatic heterocycles. The SMILES string of the molecule is CC(CCc1ccc(O)cc1)NCCCCN(C)C. The molecular formula is C16H28N2O. The lowest BCUT2D eigenvalue weighted by Gasteiger charge is -2.14. The van der Waals surface area contributed by atoms with Crippen molar-refractivity contribution in [1.82, 2.24) is 10.2 Å². The molecule has 108 valence electrons. The number of nitrogens with zero attached hydrogens (tertiary/aromatic N) is 1. The minimum Gasteiger partial charge on any atom is -0.508 e. The Morgan fingerprint density at radius 1 is 1.16 bits per heavy atom. The summed E-state index contributed by atoms with van der Waals surface area (Å²) in [5.41, 5.74) is 1.29. The molecule has 0 heterocycles. The van der Waals surface area contributed by atoms with Crippen molar-refractivity contribution in [2.75, 3.05) is 27.2 Å². The highest BCUT2D eigenvalue weighted by atomic mass is 16.3. The maximum atomic E-state index is 9.22. The van der Waals surface area contributed by atoms with Gasteiger partial charge in [-0.05, 0) is 77.5 Å². The third kappa shape index (κ3) is 7.85. The van der Waals surface area contributed by atoms with Crippen LogP contribution < -0.4 is 5.32 Å². The zero-order chi connectivity index (χ0) is 14.1. The van der Waals surface area contributed by atoms with E-state index in [2.05, 4.69) is 31.2 Å². The standard InChI is InChI=1S/C16H28N2O/c1-14(17-12-4-5-13-18(2)3)6-7-15-8-10-16(19)11-9-15/h8-11,14,17,19H,4-7,12-13H2,1-3H3. The summed E-state index contributed by atoms with van der Waals surface area (Å²) in [5, 5.41) is 12.8. The van der Waals surface area contributed by atoms with Crippen molar-refractivity contribution in [2.45, 2.75) is 38.6 Å². The second kappa shape index (κ2) is 8.94. The molecule has 3 nitrogen and oxygen atoms in total. The first kappa shape index (κ1) is 16.0. The van der Waals surface area contributed by atoms with Crippen LogP contribution in [0.25, 0.3) is 0 Å². The van der Waals surface area contributed by atoms with Crippen molar-refractivity contribution >= 4 is 0 Å². The van der Waals surface area contributed by atoms with Crippen molar-refractivity contribution in [3.05, 3.63) is 29.8 Å². The van der Waals surface area contributed by atoms with Crippen LogP contribution >= 0.6 is 0 Å². The van der Waals surface area contributed by atoms with Gasteiger partial charge in [-0.25, -0.2) is 0 Å². The number of hydrogen-bond donors (Lipinski definition) is 2. The maximum Gasteiger partial charge on any atom is 0.115 e. The van der Waals surface area contributed by atoms with Crippen LogP contribution in [0.2, 0.25) is 0 Å². The van der Waals surface area contributed by atoms with Crippen LogP contribution in [0.5, 0.6) is 5.75 Å². The average Bonchev–Trinajstić information content (AvgIpc) is 2.37. The molecule has 0 radical (unpaired) electrons. The molecular weight excluding hydrogens is 236 g/mol. The third-order valence-electron chi connectivity index (χ3n) is 3.33. The molecule has 0 aliphatic heterocycles. The molecule has 0 aliphatic rings. The molecule has 2 N–H and O–H groups in total. The van der Waals surface area contributed by atoms with E-state index in [0.29, 0.717) is 11.8 Å². The van der Waals surface area contributed by atoms with Crippen LogP contribution in [0.15, 0.2) is 24.3 Å². The van der Waals surface area contributed by atoms with E-state index < -0.39 is 0 Å². The quantitative estimate of drug-likeness (QED) is 0.673. The van der Waals surface area contributed by atoms with Crippen LogP contribution in [0.4, 0.5) is 0 Å². The first-order valence-electron chi connectivity index (χ1n) is 7.24. The Labute approximate surface area is 117 Å². The maximum absolute atomic E-state index is 9.22. The summed E-state index contributed by atoms with van der Waals surface area (Å²) >= 11 is 0. The first-order chi connectivity index (χ1) is 9.08. The van der Waals surface area contributed by atoms with Crippen molar-refractivity contribution < 1.29 is 5.11 Å². The summed E-state index contributed by atoms with van der Waals surface area (Å²) in [6.07, 6.45) is 4.69. The van der Waals surface area contributed by atoms with Gasteiger partial charge in [-0.15, -0.1) is 0 Å². The fraction of sp³-hybridized carbons (Fsp3) is 0.625. The second-order valence-corrected chi connectivity index (χ2v) is 5.57. The molecule has 0 saturated carbocycles. The largest absolute Gasteiger partial charge is 0.508 e. The van der Waals surface area contributed by atoms with E-state index in [-0.39, 0.29) is 0 Å². The van der Waals surface area contributed by atoms with Crippen LogP contribution in [0.1, 0.15) is 31.7 Å². The van der Waals surface area contributed by atoms with E-state index in [1.807, 2.05) is 12.1 Å².